The summed E-state index contributed by atoms with van der Waals surface area (Å²) < 4.78 is 0. The van der Waals surface area contributed by atoms with Gasteiger partial charge < -0.3 is 15.5 Å². The monoisotopic (exact) mass is 127 g/mol. The predicted molar refractivity (Wildman–Crippen MR) is 27.1 cm³/mol. The van der Waals surface area contributed by atoms with Crippen molar-refractivity contribution >= 4 is 0 Å². The molecule has 1 fully saturated rings. The fraction of sp³-hybridized carbons (Fsp3) is 0.600. The normalized spacial score (nSPS) is 20.0. The molecule has 0 amide bonds. The average Bonchev–Trinajstić information content (AvgIpc) is 2.12. The first kappa shape index (κ1) is 13.0. The standard InChI is InChI=1S/C5H8NO2.2Li/c7-5(8)4-2-1-3-6-4;;/h7-8H,1-3H2;;/q-1;2*+1/p-1. The van der Waals surface area contributed by atoms with E-state index in [4.69, 9.17) is 5.11 Å². The fourth-order valence-corrected chi connectivity index (χ4v) is 0.714. The molecule has 0 spiro atoms. The van der Waals surface area contributed by atoms with Crippen molar-refractivity contribution in [2.24, 2.45) is 0 Å². The second-order valence-corrected chi connectivity index (χ2v) is 1.74. The Labute approximate surface area is 84.2 Å². The third kappa shape index (κ3) is 3.49. The Morgan fingerprint density at radius 2 is 2.10 bits per heavy atom. The van der Waals surface area contributed by atoms with Gasteiger partial charge in [-0.05, 0) is 6.42 Å². The molecule has 10 heavy (non-hydrogen) atoms. The van der Waals surface area contributed by atoms with Gasteiger partial charge in [-0.3, -0.25) is 0 Å². The number of rotatable bonds is 0. The molecule has 0 aromatic heterocycles. The van der Waals surface area contributed by atoms with E-state index in [1.165, 1.54) is 0 Å². The van der Waals surface area contributed by atoms with Crippen molar-refractivity contribution in [1.29, 1.82) is 0 Å². The van der Waals surface area contributed by atoms with Gasteiger partial charge in [-0.15, -0.1) is 12.2 Å². The molecule has 0 aromatic rings. The predicted octanol–water partition coefficient (Wildman–Crippen LogP) is -5.75. The molecular formula is C5H7Li2NO2. The number of nitrogens with zero attached hydrogens (tertiary/aromatic N) is 1. The van der Waals surface area contributed by atoms with Gasteiger partial charge in [-0.25, -0.2) is 0 Å². The molecule has 46 valence electrons. The molecule has 3 nitrogen and oxygen atoms in total. The Balaban J connectivity index is 0. The van der Waals surface area contributed by atoms with E-state index >= 15 is 0 Å². The minimum atomic E-state index is -0.859. The molecular weight excluding hydrogens is 120 g/mol. The van der Waals surface area contributed by atoms with E-state index in [0.29, 0.717) is 18.7 Å². The third-order valence-electron chi connectivity index (χ3n) is 1.12. The van der Waals surface area contributed by atoms with Gasteiger partial charge in [0.05, 0.1) is 0 Å². The zero-order chi connectivity index (χ0) is 5.98. The van der Waals surface area contributed by atoms with Crippen molar-refractivity contribution in [3.63, 3.8) is 0 Å². The quantitative estimate of drug-likeness (QED) is 0.260. The molecule has 0 aromatic carbocycles. The Kier molecular flexibility index (Phi) is 7.87. The Hall–Kier alpha value is 0.335. The second kappa shape index (κ2) is 6.07. The molecule has 1 N–H and O–H groups in total. The summed E-state index contributed by atoms with van der Waals surface area (Å²) in [7, 11) is 0. The summed E-state index contributed by atoms with van der Waals surface area (Å²) in [6.45, 7) is 0.696. The van der Waals surface area contributed by atoms with Gasteiger partial charge in [-0.2, -0.15) is 0 Å². The van der Waals surface area contributed by atoms with Crippen LogP contribution >= 0.6 is 0 Å². The summed E-state index contributed by atoms with van der Waals surface area (Å²) in [5, 5.41) is 22.1. The molecule has 1 rings (SSSR count). The molecule has 0 unspecified atom stereocenters. The van der Waals surface area contributed by atoms with Gasteiger partial charge in [0.2, 0.25) is 0 Å². The van der Waals surface area contributed by atoms with Crippen molar-refractivity contribution < 1.29 is 47.9 Å². The van der Waals surface area contributed by atoms with Crippen LogP contribution in [-0.4, -0.2) is 11.7 Å². The number of hydrogen-bond acceptors (Lipinski definition) is 2. The van der Waals surface area contributed by atoms with Crippen LogP contribution < -0.4 is 42.8 Å². The van der Waals surface area contributed by atoms with Gasteiger partial charge in [0, 0.05) is 5.95 Å². The van der Waals surface area contributed by atoms with Crippen LogP contribution in [0.25, 0.3) is 5.32 Å². The summed E-state index contributed by atoms with van der Waals surface area (Å²) >= 11 is 0. The van der Waals surface area contributed by atoms with Crippen LogP contribution in [0.1, 0.15) is 12.8 Å². The van der Waals surface area contributed by atoms with Crippen molar-refractivity contribution in [2.75, 3.05) is 6.54 Å². The van der Waals surface area contributed by atoms with Gasteiger partial charge >= 0.3 is 37.7 Å². The Bertz CT molecular complexity index is 115. The van der Waals surface area contributed by atoms with Crippen LogP contribution in [0, 0.1) is 0 Å². The SMILES string of the molecule is [Li+].[Li+].[O-]C(O)=C1CCC[N-]1. The molecule has 5 heteroatoms. The van der Waals surface area contributed by atoms with Gasteiger partial charge in [0.25, 0.3) is 0 Å². The maximum absolute atomic E-state index is 10.1. The van der Waals surface area contributed by atoms with Crippen LogP contribution in [0.2, 0.25) is 0 Å². The number of aliphatic hydroxyl groups is 1. The Morgan fingerprint density at radius 3 is 2.30 bits per heavy atom. The maximum Gasteiger partial charge on any atom is 1.00 e. The number of allylic oxidation sites excluding steroid dienone is 1. The second-order valence-electron chi connectivity index (χ2n) is 1.74. The van der Waals surface area contributed by atoms with Crippen molar-refractivity contribution in [1.82, 2.24) is 0 Å². The van der Waals surface area contributed by atoms with Gasteiger partial charge in [0.15, 0.2) is 0 Å². The van der Waals surface area contributed by atoms with Gasteiger partial charge in [-0.1, -0.05) is 6.42 Å². The zero-order valence-electron chi connectivity index (χ0n) is 6.42. The van der Waals surface area contributed by atoms with E-state index in [1.807, 2.05) is 0 Å². The molecule has 0 saturated carbocycles. The first-order valence-electron chi connectivity index (χ1n) is 2.57. The minimum absolute atomic E-state index is 0. The van der Waals surface area contributed by atoms with E-state index in [1.54, 1.807) is 0 Å². The summed E-state index contributed by atoms with van der Waals surface area (Å²) in [5.41, 5.74) is 0.338. The molecule has 1 aliphatic rings. The average molecular weight is 127 g/mol. The molecule has 1 heterocycles. The topological polar surface area (TPSA) is 57.4 Å². The fourth-order valence-electron chi connectivity index (χ4n) is 0.714. The summed E-state index contributed by atoms with van der Waals surface area (Å²) in [6, 6.07) is 0. The van der Waals surface area contributed by atoms with E-state index < -0.39 is 5.95 Å². The molecule has 1 aliphatic heterocycles. The minimum Gasteiger partial charge on any atom is -0.686 e. The van der Waals surface area contributed by atoms with E-state index in [9.17, 15) is 5.11 Å². The summed E-state index contributed by atoms with van der Waals surface area (Å²) in [6.07, 6.45) is 1.55. The molecule has 0 atom stereocenters. The molecule has 1 saturated heterocycles. The first-order valence-corrected chi connectivity index (χ1v) is 2.57. The third-order valence-corrected chi connectivity index (χ3v) is 1.12. The van der Waals surface area contributed by atoms with Crippen molar-refractivity contribution in [3.8, 4) is 0 Å². The molecule has 0 radical (unpaired) electrons. The van der Waals surface area contributed by atoms with Crippen LogP contribution in [0.4, 0.5) is 0 Å². The maximum atomic E-state index is 10.1. The molecule has 0 aliphatic carbocycles. The smallest absolute Gasteiger partial charge is 0.686 e. The van der Waals surface area contributed by atoms with E-state index in [0.717, 1.165) is 6.42 Å². The summed E-state index contributed by atoms with van der Waals surface area (Å²) in [4.78, 5) is 0. The van der Waals surface area contributed by atoms with Crippen molar-refractivity contribution in [3.05, 3.63) is 17.0 Å². The summed E-state index contributed by atoms with van der Waals surface area (Å²) in [5.74, 6) is -0.859. The van der Waals surface area contributed by atoms with Crippen LogP contribution in [0.5, 0.6) is 0 Å². The van der Waals surface area contributed by atoms with Crippen molar-refractivity contribution in [2.45, 2.75) is 12.8 Å². The first-order chi connectivity index (χ1) is 3.80. The number of hydrogen-bond donors (Lipinski definition) is 1. The van der Waals surface area contributed by atoms with Crippen LogP contribution in [0.15, 0.2) is 11.6 Å². The largest absolute Gasteiger partial charge is 1.00 e. The Morgan fingerprint density at radius 1 is 1.50 bits per heavy atom. The van der Waals surface area contributed by atoms with E-state index in [-0.39, 0.29) is 37.7 Å². The van der Waals surface area contributed by atoms with Crippen LogP contribution in [-0.2, 0) is 0 Å². The molecule has 0 bridgehead atoms. The van der Waals surface area contributed by atoms with Gasteiger partial charge in [0.1, 0.15) is 0 Å². The number of aliphatic hydroxyl groups excluding tert-OH is 1. The zero-order valence-corrected chi connectivity index (χ0v) is 6.42. The van der Waals surface area contributed by atoms with Crippen LogP contribution in [0.3, 0.4) is 0 Å². The van der Waals surface area contributed by atoms with E-state index in [2.05, 4.69) is 5.32 Å².